The highest BCUT2D eigenvalue weighted by Crippen LogP contribution is 2.37. The van der Waals surface area contributed by atoms with E-state index in [-0.39, 0.29) is 11.9 Å². The quantitative estimate of drug-likeness (QED) is 0.877. The maximum atomic E-state index is 13.2. The van der Waals surface area contributed by atoms with Gasteiger partial charge in [0, 0.05) is 4.47 Å². The Labute approximate surface area is 126 Å². The van der Waals surface area contributed by atoms with Crippen molar-refractivity contribution >= 4 is 21.6 Å². The molecule has 0 bridgehead atoms. The molecule has 1 N–H and O–H groups in total. The van der Waals surface area contributed by atoms with Gasteiger partial charge in [0.05, 0.1) is 18.8 Å². The number of hydrogen-bond donors (Lipinski definition) is 1. The average Bonchev–Trinajstić information content (AvgIpc) is 2.81. The van der Waals surface area contributed by atoms with Crippen LogP contribution in [0.5, 0.6) is 5.75 Å². The van der Waals surface area contributed by atoms with Crippen LogP contribution in [-0.4, -0.2) is 7.11 Å². The monoisotopic (exact) mass is 335 g/mol. The van der Waals surface area contributed by atoms with Gasteiger partial charge in [0.2, 0.25) is 0 Å². The van der Waals surface area contributed by atoms with Gasteiger partial charge in [-0.25, -0.2) is 4.39 Å². The van der Waals surface area contributed by atoms with Crippen LogP contribution < -0.4 is 10.1 Å². The number of hydrogen-bond acceptors (Lipinski definition) is 2. The van der Waals surface area contributed by atoms with E-state index < -0.39 is 0 Å². The first kappa shape index (κ1) is 13.4. The number of nitrogens with one attached hydrogen (secondary N) is 1. The van der Waals surface area contributed by atoms with Crippen molar-refractivity contribution < 1.29 is 9.13 Å². The highest BCUT2D eigenvalue weighted by molar-refractivity contribution is 9.10. The number of anilines is 1. The molecular formula is C16H15BrFNO. The molecule has 0 aliphatic heterocycles. The molecule has 2 nitrogen and oxygen atoms in total. The van der Waals surface area contributed by atoms with Crippen molar-refractivity contribution in [1.29, 1.82) is 0 Å². The fourth-order valence-electron chi connectivity index (χ4n) is 2.72. The van der Waals surface area contributed by atoms with E-state index in [9.17, 15) is 4.39 Å². The number of fused-ring (bicyclic) bond motifs is 1. The summed E-state index contributed by atoms with van der Waals surface area (Å²) in [6.07, 6.45) is 1.87. The van der Waals surface area contributed by atoms with E-state index in [1.54, 1.807) is 13.2 Å². The van der Waals surface area contributed by atoms with Crippen LogP contribution in [0.2, 0.25) is 0 Å². The van der Waals surface area contributed by atoms with E-state index in [1.165, 1.54) is 11.6 Å². The Kier molecular flexibility index (Phi) is 3.66. The third kappa shape index (κ3) is 2.52. The first-order chi connectivity index (χ1) is 9.67. The molecule has 1 unspecified atom stereocenters. The van der Waals surface area contributed by atoms with E-state index in [0.717, 1.165) is 34.3 Å². The van der Waals surface area contributed by atoms with E-state index in [4.69, 9.17) is 4.74 Å². The Balaban J connectivity index is 1.89. The number of ether oxygens (including phenoxy) is 1. The lowest BCUT2D eigenvalue weighted by Gasteiger charge is -2.18. The van der Waals surface area contributed by atoms with Gasteiger partial charge in [-0.1, -0.05) is 22.0 Å². The molecule has 3 rings (SSSR count). The largest absolute Gasteiger partial charge is 0.495 e. The third-order valence-electron chi connectivity index (χ3n) is 3.67. The van der Waals surface area contributed by atoms with Crippen LogP contribution >= 0.6 is 15.9 Å². The van der Waals surface area contributed by atoms with Gasteiger partial charge in [0.25, 0.3) is 0 Å². The standard InChI is InChI=1S/C16H15BrFNO/c1-20-16-7-3-11(17)9-15(16)19-14-6-2-10-8-12(18)4-5-13(10)14/h3-5,7-9,14,19H,2,6H2,1H3. The molecule has 0 saturated heterocycles. The fourth-order valence-corrected chi connectivity index (χ4v) is 3.08. The zero-order valence-electron chi connectivity index (χ0n) is 11.1. The average molecular weight is 336 g/mol. The molecule has 0 amide bonds. The molecule has 0 spiro atoms. The Hall–Kier alpha value is -1.55. The second-order valence-electron chi connectivity index (χ2n) is 4.92. The summed E-state index contributed by atoms with van der Waals surface area (Å²) in [7, 11) is 1.66. The number of benzene rings is 2. The second-order valence-corrected chi connectivity index (χ2v) is 5.84. The smallest absolute Gasteiger partial charge is 0.142 e. The van der Waals surface area contributed by atoms with Crippen molar-refractivity contribution in [2.45, 2.75) is 18.9 Å². The van der Waals surface area contributed by atoms with Gasteiger partial charge in [-0.3, -0.25) is 0 Å². The Bertz CT molecular complexity index is 644. The minimum atomic E-state index is -0.163. The zero-order chi connectivity index (χ0) is 14.1. The van der Waals surface area contributed by atoms with Crippen molar-refractivity contribution in [3.05, 3.63) is 57.8 Å². The molecule has 0 heterocycles. The summed E-state index contributed by atoms with van der Waals surface area (Å²) in [6.45, 7) is 0. The summed E-state index contributed by atoms with van der Waals surface area (Å²) >= 11 is 3.47. The van der Waals surface area contributed by atoms with E-state index >= 15 is 0 Å². The van der Waals surface area contributed by atoms with Crippen molar-refractivity contribution in [1.82, 2.24) is 0 Å². The molecule has 20 heavy (non-hydrogen) atoms. The first-order valence-electron chi connectivity index (χ1n) is 6.56. The zero-order valence-corrected chi connectivity index (χ0v) is 12.7. The summed E-state index contributed by atoms with van der Waals surface area (Å²) in [5.41, 5.74) is 3.22. The fraction of sp³-hybridized carbons (Fsp3) is 0.250. The van der Waals surface area contributed by atoms with Crippen LogP contribution in [0.3, 0.4) is 0 Å². The lowest BCUT2D eigenvalue weighted by atomic mass is 10.1. The van der Waals surface area contributed by atoms with Crippen LogP contribution in [0.4, 0.5) is 10.1 Å². The lowest BCUT2D eigenvalue weighted by molar-refractivity contribution is 0.416. The molecule has 2 aromatic rings. The maximum Gasteiger partial charge on any atom is 0.142 e. The van der Waals surface area contributed by atoms with Crippen molar-refractivity contribution in [2.24, 2.45) is 0 Å². The van der Waals surface area contributed by atoms with Crippen LogP contribution in [0.25, 0.3) is 0 Å². The Morgan fingerprint density at radius 2 is 2.10 bits per heavy atom. The molecular weight excluding hydrogens is 321 g/mol. The Morgan fingerprint density at radius 1 is 1.25 bits per heavy atom. The van der Waals surface area contributed by atoms with Gasteiger partial charge in [-0.05, 0) is 54.3 Å². The molecule has 0 saturated carbocycles. The maximum absolute atomic E-state index is 13.2. The van der Waals surface area contributed by atoms with Gasteiger partial charge in [0.1, 0.15) is 11.6 Å². The Morgan fingerprint density at radius 3 is 2.90 bits per heavy atom. The highest BCUT2D eigenvalue weighted by atomic mass is 79.9. The van der Waals surface area contributed by atoms with E-state index in [2.05, 4.69) is 21.2 Å². The molecule has 4 heteroatoms. The number of methoxy groups -OCH3 is 1. The molecule has 1 aliphatic rings. The molecule has 0 fully saturated rings. The molecule has 1 atom stereocenters. The minimum Gasteiger partial charge on any atom is -0.495 e. The summed E-state index contributed by atoms with van der Waals surface area (Å²) in [6, 6.07) is 11.1. The van der Waals surface area contributed by atoms with Crippen molar-refractivity contribution in [2.75, 3.05) is 12.4 Å². The van der Waals surface area contributed by atoms with Gasteiger partial charge in [-0.15, -0.1) is 0 Å². The van der Waals surface area contributed by atoms with Crippen LogP contribution in [0.1, 0.15) is 23.6 Å². The van der Waals surface area contributed by atoms with Gasteiger partial charge >= 0.3 is 0 Å². The SMILES string of the molecule is COc1ccc(Br)cc1NC1CCc2cc(F)ccc21. The lowest BCUT2D eigenvalue weighted by Crippen LogP contribution is -2.08. The van der Waals surface area contributed by atoms with Crippen LogP contribution in [-0.2, 0) is 6.42 Å². The van der Waals surface area contributed by atoms with Crippen molar-refractivity contribution in [3.63, 3.8) is 0 Å². The summed E-state index contributed by atoms with van der Waals surface area (Å²) in [5, 5.41) is 3.50. The highest BCUT2D eigenvalue weighted by Gasteiger charge is 2.23. The summed E-state index contributed by atoms with van der Waals surface area (Å²) in [4.78, 5) is 0. The normalized spacial score (nSPS) is 16.9. The van der Waals surface area contributed by atoms with Crippen LogP contribution in [0, 0.1) is 5.82 Å². The van der Waals surface area contributed by atoms with Gasteiger partial charge in [0.15, 0.2) is 0 Å². The summed E-state index contributed by atoms with van der Waals surface area (Å²) < 4.78 is 19.6. The molecule has 2 aromatic carbocycles. The third-order valence-corrected chi connectivity index (χ3v) is 4.17. The van der Waals surface area contributed by atoms with E-state index in [1.807, 2.05) is 24.3 Å². The molecule has 0 aromatic heterocycles. The molecule has 104 valence electrons. The van der Waals surface area contributed by atoms with Crippen molar-refractivity contribution in [3.8, 4) is 5.75 Å². The predicted molar refractivity (Wildman–Crippen MR) is 81.8 cm³/mol. The second kappa shape index (κ2) is 5.44. The van der Waals surface area contributed by atoms with Gasteiger partial charge in [-0.2, -0.15) is 0 Å². The van der Waals surface area contributed by atoms with E-state index in [0.29, 0.717) is 0 Å². The van der Waals surface area contributed by atoms with Gasteiger partial charge < -0.3 is 10.1 Å². The number of rotatable bonds is 3. The molecule has 0 radical (unpaired) electrons. The number of aryl methyl sites for hydroxylation is 1. The minimum absolute atomic E-state index is 0.163. The topological polar surface area (TPSA) is 21.3 Å². The first-order valence-corrected chi connectivity index (χ1v) is 7.35. The molecule has 1 aliphatic carbocycles. The van der Waals surface area contributed by atoms with Crippen LogP contribution in [0.15, 0.2) is 40.9 Å². The summed E-state index contributed by atoms with van der Waals surface area (Å²) in [5.74, 6) is 0.646. The predicted octanol–water partition coefficient (Wildman–Crippen LogP) is 4.70. The number of halogens is 2.